The topological polar surface area (TPSA) is 69.2 Å². The molecule has 0 atom stereocenters. The van der Waals surface area contributed by atoms with Crippen LogP contribution >= 0.6 is 0 Å². The molecule has 4 nitrogen and oxygen atoms in total. The first-order valence-electron chi connectivity index (χ1n) is 2.76. The van der Waals surface area contributed by atoms with E-state index in [1.807, 2.05) is 0 Å². The predicted molar refractivity (Wildman–Crippen MR) is 34.4 cm³/mol. The van der Waals surface area contributed by atoms with Gasteiger partial charge in [-0.1, -0.05) is 6.08 Å². The minimum absolute atomic E-state index is 0.0321. The van der Waals surface area contributed by atoms with E-state index in [9.17, 15) is 10.1 Å². The van der Waals surface area contributed by atoms with Gasteiger partial charge in [0.05, 0.1) is 0 Å². The van der Waals surface area contributed by atoms with E-state index in [2.05, 4.69) is 0 Å². The van der Waals surface area contributed by atoms with Gasteiger partial charge >= 0.3 is 0 Å². The van der Waals surface area contributed by atoms with Gasteiger partial charge < -0.3 is 5.73 Å². The zero-order valence-corrected chi connectivity index (χ0v) is 5.12. The molecule has 4 heteroatoms. The first-order valence-corrected chi connectivity index (χ1v) is 2.76. The summed E-state index contributed by atoms with van der Waals surface area (Å²) in [4.78, 5) is 9.38. The van der Waals surface area contributed by atoms with Gasteiger partial charge in [0, 0.05) is 11.3 Å². The Labute approximate surface area is 53.5 Å². The van der Waals surface area contributed by atoms with Gasteiger partial charge in [-0.15, -0.1) is 0 Å². The maximum atomic E-state index is 9.71. The van der Waals surface area contributed by atoms with Crippen molar-refractivity contribution < 1.29 is 4.92 Å². The van der Waals surface area contributed by atoms with Crippen molar-refractivity contribution in [3.63, 3.8) is 0 Å². The zero-order chi connectivity index (χ0) is 7.11. The van der Waals surface area contributed by atoms with Crippen LogP contribution < -0.4 is 5.73 Å². The third-order valence-electron chi connectivity index (χ3n) is 0.848. The summed E-state index contributed by atoms with van der Waals surface area (Å²) < 4.78 is 0. The number of hydrogen-bond donors (Lipinski definition) is 1. The molecule has 2 N–H and O–H groups in total. The number of nitrogens with zero attached hydrogens (tertiary/aromatic N) is 1. The normalized spacial score (nSPS) is 10.2. The molecule has 0 aliphatic carbocycles. The van der Waals surface area contributed by atoms with Gasteiger partial charge in [0.1, 0.15) is 0 Å². The fraction of sp³-hybridized carbons (Fsp3) is 0.600. The van der Waals surface area contributed by atoms with Crippen molar-refractivity contribution in [1.82, 2.24) is 0 Å². The van der Waals surface area contributed by atoms with Crippen LogP contribution in [0.1, 0.15) is 12.8 Å². The number of unbranched alkanes of at least 4 members (excludes halogenated alkanes) is 1. The highest BCUT2D eigenvalue weighted by atomic mass is 16.6. The summed E-state index contributed by atoms with van der Waals surface area (Å²) >= 11 is 0. The Kier molecular flexibility index (Phi) is 4.49. The molecule has 0 aromatic heterocycles. The van der Waals surface area contributed by atoms with E-state index in [-0.39, 0.29) is 11.5 Å². The van der Waals surface area contributed by atoms with E-state index in [1.54, 1.807) is 6.08 Å². The first-order chi connectivity index (χ1) is 4.27. The Morgan fingerprint density at radius 3 is 2.78 bits per heavy atom. The van der Waals surface area contributed by atoms with Crippen LogP contribution in [-0.2, 0) is 0 Å². The summed E-state index contributed by atoms with van der Waals surface area (Å²) in [6, 6.07) is 0. The molecule has 0 radical (unpaired) electrons. The van der Waals surface area contributed by atoms with Gasteiger partial charge in [0.15, 0.2) is 0 Å². The second kappa shape index (κ2) is 5.08. The molecule has 9 heavy (non-hydrogen) atoms. The molecule has 0 fully saturated rings. The second-order valence-corrected chi connectivity index (χ2v) is 1.63. The lowest BCUT2D eigenvalue weighted by Crippen LogP contribution is -1.99. The van der Waals surface area contributed by atoms with E-state index in [1.165, 1.54) is 6.20 Å². The fourth-order valence-electron chi connectivity index (χ4n) is 0.434. The highest BCUT2D eigenvalue weighted by Gasteiger charge is 1.91. The maximum Gasteiger partial charge on any atom is 0.204 e. The number of rotatable bonds is 4. The molecule has 0 saturated heterocycles. The molecule has 0 aliphatic rings. The zero-order valence-electron chi connectivity index (χ0n) is 5.12. The van der Waals surface area contributed by atoms with Gasteiger partial charge in [-0.2, -0.15) is 0 Å². The van der Waals surface area contributed by atoms with Crippen molar-refractivity contribution in [2.24, 2.45) is 5.73 Å². The standard InChI is InChI=1S/C5H10N2O2/c6-4-2-1-3-5-7(8)9/h2,4H,1,3,5-6H2/b4-2+. The molecule has 0 spiro atoms. The molecule has 0 aromatic carbocycles. The summed E-state index contributed by atoms with van der Waals surface area (Å²) in [7, 11) is 0. The van der Waals surface area contributed by atoms with Crippen molar-refractivity contribution in [3.05, 3.63) is 22.4 Å². The molecule has 0 unspecified atom stereocenters. The van der Waals surface area contributed by atoms with Crippen LogP contribution in [0.2, 0.25) is 0 Å². The van der Waals surface area contributed by atoms with Gasteiger partial charge in [0.25, 0.3) is 0 Å². The second-order valence-electron chi connectivity index (χ2n) is 1.63. The number of nitrogens with two attached hydrogens (primary N) is 1. The first kappa shape index (κ1) is 7.94. The third kappa shape index (κ3) is 6.94. The lowest BCUT2D eigenvalue weighted by Gasteiger charge is -1.87. The SMILES string of the molecule is N/C=C/CCC[N+](=O)[O-]. The van der Waals surface area contributed by atoms with Crippen molar-refractivity contribution in [1.29, 1.82) is 0 Å². The Morgan fingerprint density at radius 2 is 2.33 bits per heavy atom. The van der Waals surface area contributed by atoms with Crippen LogP contribution in [0.4, 0.5) is 0 Å². The van der Waals surface area contributed by atoms with Gasteiger partial charge in [-0.25, -0.2) is 0 Å². The predicted octanol–water partition coefficient (Wildman–Crippen LogP) is 0.516. The summed E-state index contributed by atoms with van der Waals surface area (Å²) in [6.07, 6.45) is 4.38. The average molecular weight is 130 g/mol. The molecule has 0 rings (SSSR count). The van der Waals surface area contributed by atoms with E-state index in [0.29, 0.717) is 12.8 Å². The lowest BCUT2D eigenvalue weighted by molar-refractivity contribution is -0.480. The highest BCUT2D eigenvalue weighted by molar-refractivity contribution is 4.74. The Morgan fingerprint density at radius 1 is 1.67 bits per heavy atom. The van der Waals surface area contributed by atoms with Crippen molar-refractivity contribution >= 4 is 0 Å². The summed E-state index contributed by atoms with van der Waals surface area (Å²) in [6.45, 7) is 0.0321. The van der Waals surface area contributed by atoms with Crippen LogP contribution in [0.5, 0.6) is 0 Å². The molecule has 0 aliphatic heterocycles. The van der Waals surface area contributed by atoms with Crippen LogP contribution in [0.3, 0.4) is 0 Å². The molecule has 0 saturated carbocycles. The molecule has 0 aromatic rings. The van der Waals surface area contributed by atoms with Crippen LogP contribution in [-0.4, -0.2) is 11.5 Å². The summed E-state index contributed by atoms with van der Waals surface area (Å²) in [5.41, 5.74) is 4.99. The number of allylic oxidation sites excluding steroid dienone is 1. The number of hydrogen-bond acceptors (Lipinski definition) is 3. The van der Waals surface area contributed by atoms with Crippen molar-refractivity contribution in [3.8, 4) is 0 Å². The quantitative estimate of drug-likeness (QED) is 0.342. The molecular weight excluding hydrogens is 120 g/mol. The van der Waals surface area contributed by atoms with E-state index in [4.69, 9.17) is 5.73 Å². The van der Waals surface area contributed by atoms with Crippen LogP contribution in [0.15, 0.2) is 12.3 Å². The lowest BCUT2D eigenvalue weighted by atomic mass is 10.3. The largest absolute Gasteiger partial charge is 0.405 e. The van der Waals surface area contributed by atoms with E-state index >= 15 is 0 Å². The summed E-state index contributed by atoms with van der Waals surface area (Å²) in [5, 5.41) is 9.71. The Balaban J connectivity index is 3.01. The van der Waals surface area contributed by atoms with Crippen LogP contribution in [0.25, 0.3) is 0 Å². The number of nitro groups is 1. The average Bonchev–Trinajstić information content (AvgIpc) is 1.80. The Bertz CT molecular complexity index is 112. The molecule has 0 bridgehead atoms. The van der Waals surface area contributed by atoms with Gasteiger partial charge in [-0.05, 0) is 12.6 Å². The highest BCUT2D eigenvalue weighted by Crippen LogP contribution is 1.88. The molecule has 0 heterocycles. The molecular formula is C5H10N2O2. The van der Waals surface area contributed by atoms with Crippen molar-refractivity contribution in [2.75, 3.05) is 6.54 Å². The van der Waals surface area contributed by atoms with Gasteiger partial charge in [0.2, 0.25) is 6.54 Å². The van der Waals surface area contributed by atoms with Gasteiger partial charge in [-0.3, -0.25) is 10.1 Å². The van der Waals surface area contributed by atoms with Crippen LogP contribution in [0, 0.1) is 10.1 Å². The maximum absolute atomic E-state index is 9.71. The fourth-order valence-corrected chi connectivity index (χ4v) is 0.434. The van der Waals surface area contributed by atoms with Crippen molar-refractivity contribution in [2.45, 2.75) is 12.8 Å². The third-order valence-corrected chi connectivity index (χ3v) is 0.848. The minimum atomic E-state index is -0.329. The van der Waals surface area contributed by atoms with E-state index in [0.717, 1.165) is 0 Å². The van der Waals surface area contributed by atoms with E-state index < -0.39 is 0 Å². The summed E-state index contributed by atoms with van der Waals surface area (Å²) in [5.74, 6) is 0. The Hall–Kier alpha value is -1.06. The smallest absolute Gasteiger partial charge is 0.204 e. The molecule has 0 amide bonds. The monoisotopic (exact) mass is 130 g/mol. The molecule has 52 valence electrons. The minimum Gasteiger partial charge on any atom is -0.405 e.